The molecule has 1 fully saturated rings. The SMILES string of the molecule is O=C1CCCCC(SCc2ccc(OC(F)(F)F)cc2)C1. The van der Waals surface area contributed by atoms with Gasteiger partial charge in [0.05, 0.1) is 0 Å². The highest BCUT2D eigenvalue weighted by molar-refractivity contribution is 7.99. The first-order valence-corrected chi connectivity index (χ1v) is 7.95. The van der Waals surface area contributed by atoms with Crippen molar-refractivity contribution in [3.05, 3.63) is 29.8 Å². The second kappa shape index (κ2) is 7.20. The van der Waals surface area contributed by atoms with Gasteiger partial charge in [-0.05, 0) is 30.5 Å². The van der Waals surface area contributed by atoms with Gasteiger partial charge in [-0.25, -0.2) is 0 Å². The van der Waals surface area contributed by atoms with E-state index in [1.807, 2.05) is 0 Å². The van der Waals surface area contributed by atoms with Crippen LogP contribution in [-0.2, 0) is 10.5 Å². The molecule has 1 aliphatic rings. The van der Waals surface area contributed by atoms with Crippen LogP contribution in [-0.4, -0.2) is 17.4 Å². The first-order valence-electron chi connectivity index (χ1n) is 6.90. The molecule has 0 spiro atoms. The summed E-state index contributed by atoms with van der Waals surface area (Å²) in [5.41, 5.74) is 0.936. The third-order valence-electron chi connectivity index (χ3n) is 3.33. The van der Waals surface area contributed by atoms with E-state index in [4.69, 9.17) is 0 Å². The van der Waals surface area contributed by atoms with Crippen molar-refractivity contribution in [2.24, 2.45) is 0 Å². The molecule has 0 amide bonds. The highest BCUT2D eigenvalue weighted by atomic mass is 32.2. The Kier molecular flexibility index (Phi) is 5.56. The van der Waals surface area contributed by atoms with Crippen LogP contribution in [0.3, 0.4) is 0 Å². The minimum atomic E-state index is -4.66. The van der Waals surface area contributed by atoms with Crippen LogP contribution >= 0.6 is 11.8 Å². The Bertz CT molecular complexity index is 471. The topological polar surface area (TPSA) is 26.3 Å². The second-order valence-electron chi connectivity index (χ2n) is 5.11. The zero-order valence-electron chi connectivity index (χ0n) is 11.5. The summed E-state index contributed by atoms with van der Waals surface area (Å²) >= 11 is 1.70. The van der Waals surface area contributed by atoms with E-state index in [2.05, 4.69) is 4.74 Å². The number of benzene rings is 1. The lowest BCUT2D eigenvalue weighted by atomic mass is 10.2. The normalized spacial score (nSPS) is 20.1. The molecule has 6 heteroatoms. The van der Waals surface area contributed by atoms with Crippen LogP contribution in [0.1, 0.15) is 37.7 Å². The summed E-state index contributed by atoms with van der Waals surface area (Å²) in [6.45, 7) is 0. The molecule has 2 rings (SSSR count). The highest BCUT2D eigenvalue weighted by Gasteiger charge is 2.30. The fourth-order valence-electron chi connectivity index (χ4n) is 2.30. The Morgan fingerprint density at radius 1 is 1.19 bits per heavy atom. The Labute approximate surface area is 126 Å². The number of halogens is 3. The van der Waals surface area contributed by atoms with Gasteiger partial charge in [-0.3, -0.25) is 4.79 Å². The molecule has 0 aliphatic heterocycles. The minimum Gasteiger partial charge on any atom is -0.406 e. The van der Waals surface area contributed by atoms with Crippen molar-refractivity contribution in [1.29, 1.82) is 0 Å². The van der Waals surface area contributed by atoms with Gasteiger partial charge in [-0.2, -0.15) is 11.8 Å². The Balaban J connectivity index is 1.84. The molecule has 0 aromatic heterocycles. The number of carbonyl (C=O) groups is 1. The van der Waals surface area contributed by atoms with Gasteiger partial charge in [0, 0.05) is 23.8 Å². The molecule has 0 N–H and O–H groups in total. The van der Waals surface area contributed by atoms with Crippen LogP contribution in [0, 0.1) is 0 Å². The number of rotatable bonds is 4. The monoisotopic (exact) mass is 318 g/mol. The average Bonchev–Trinajstić information content (AvgIpc) is 2.61. The summed E-state index contributed by atoms with van der Waals surface area (Å²) in [4.78, 5) is 11.5. The maximum atomic E-state index is 12.0. The Hall–Kier alpha value is -1.17. The van der Waals surface area contributed by atoms with E-state index in [0.29, 0.717) is 29.6 Å². The molecule has 1 saturated carbocycles. The molecule has 1 atom stereocenters. The number of ketones is 1. The van der Waals surface area contributed by atoms with Crippen molar-refractivity contribution < 1.29 is 22.7 Å². The molecule has 21 heavy (non-hydrogen) atoms. The third kappa shape index (κ3) is 5.99. The average molecular weight is 318 g/mol. The lowest BCUT2D eigenvalue weighted by Crippen LogP contribution is -2.17. The predicted molar refractivity (Wildman–Crippen MR) is 76.3 cm³/mol. The Morgan fingerprint density at radius 2 is 1.90 bits per heavy atom. The van der Waals surface area contributed by atoms with E-state index in [0.717, 1.165) is 24.8 Å². The van der Waals surface area contributed by atoms with Crippen molar-refractivity contribution in [2.45, 2.75) is 49.5 Å². The van der Waals surface area contributed by atoms with E-state index < -0.39 is 6.36 Å². The molecule has 0 bridgehead atoms. The summed E-state index contributed by atoms with van der Waals surface area (Å²) in [5, 5.41) is 0.325. The van der Waals surface area contributed by atoms with Crippen LogP contribution in [0.15, 0.2) is 24.3 Å². The molecular weight excluding hydrogens is 301 g/mol. The number of hydrogen-bond acceptors (Lipinski definition) is 3. The minimum absolute atomic E-state index is 0.208. The molecule has 2 nitrogen and oxygen atoms in total. The zero-order chi connectivity index (χ0) is 15.3. The van der Waals surface area contributed by atoms with Gasteiger partial charge in [-0.1, -0.05) is 18.6 Å². The van der Waals surface area contributed by atoms with Crippen LogP contribution in [0.5, 0.6) is 5.75 Å². The fourth-order valence-corrected chi connectivity index (χ4v) is 3.55. The molecule has 1 aliphatic carbocycles. The van der Waals surface area contributed by atoms with Crippen LogP contribution in [0.25, 0.3) is 0 Å². The van der Waals surface area contributed by atoms with Crippen LogP contribution in [0.4, 0.5) is 13.2 Å². The zero-order valence-corrected chi connectivity index (χ0v) is 12.3. The number of carbonyl (C=O) groups excluding carboxylic acids is 1. The third-order valence-corrected chi connectivity index (χ3v) is 4.70. The predicted octanol–water partition coefficient (Wildman–Crippen LogP) is 4.72. The van der Waals surface area contributed by atoms with Gasteiger partial charge >= 0.3 is 6.36 Å². The molecule has 116 valence electrons. The number of Topliss-reactive ketones (excluding diaryl/α,β-unsaturated/α-hetero) is 1. The summed E-state index contributed by atoms with van der Waals surface area (Å²) in [7, 11) is 0. The fraction of sp³-hybridized carbons (Fsp3) is 0.533. The van der Waals surface area contributed by atoms with Crippen molar-refractivity contribution >= 4 is 17.5 Å². The van der Waals surface area contributed by atoms with Crippen molar-refractivity contribution in [2.75, 3.05) is 0 Å². The lowest BCUT2D eigenvalue weighted by Gasteiger charge is -2.13. The lowest BCUT2D eigenvalue weighted by molar-refractivity contribution is -0.274. The summed E-state index contributed by atoms with van der Waals surface area (Å²) < 4.78 is 40.0. The van der Waals surface area contributed by atoms with Gasteiger partial charge in [0.15, 0.2) is 0 Å². The maximum Gasteiger partial charge on any atom is 0.573 e. The Morgan fingerprint density at radius 3 is 2.57 bits per heavy atom. The van der Waals surface area contributed by atoms with E-state index in [1.165, 1.54) is 12.1 Å². The smallest absolute Gasteiger partial charge is 0.406 e. The largest absolute Gasteiger partial charge is 0.573 e. The van der Waals surface area contributed by atoms with Crippen molar-refractivity contribution in [3.63, 3.8) is 0 Å². The quantitative estimate of drug-likeness (QED) is 0.751. The molecular formula is C15H17F3O2S. The van der Waals surface area contributed by atoms with Gasteiger partial charge in [0.1, 0.15) is 11.5 Å². The number of thioether (sulfide) groups is 1. The first kappa shape index (κ1) is 16.2. The molecule has 0 heterocycles. The van der Waals surface area contributed by atoms with E-state index in [1.54, 1.807) is 23.9 Å². The van der Waals surface area contributed by atoms with E-state index >= 15 is 0 Å². The van der Waals surface area contributed by atoms with Gasteiger partial charge in [-0.15, -0.1) is 13.2 Å². The van der Waals surface area contributed by atoms with Gasteiger partial charge in [0.25, 0.3) is 0 Å². The number of hydrogen-bond donors (Lipinski definition) is 0. The molecule has 0 radical (unpaired) electrons. The van der Waals surface area contributed by atoms with E-state index in [9.17, 15) is 18.0 Å². The van der Waals surface area contributed by atoms with Crippen molar-refractivity contribution in [1.82, 2.24) is 0 Å². The number of alkyl halides is 3. The standard InChI is InChI=1S/C15H17F3O2S/c16-15(17,18)20-13-7-5-11(6-8-13)10-21-14-4-2-1-3-12(19)9-14/h5-8,14H,1-4,9-10H2. The summed E-state index contributed by atoms with van der Waals surface area (Å²) in [6, 6.07) is 5.91. The van der Waals surface area contributed by atoms with E-state index in [-0.39, 0.29) is 5.75 Å². The molecule has 1 aromatic rings. The van der Waals surface area contributed by atoms with Gasteiger partial charge < -0.3 is 4.74 Å². The molecule has 0 saturated heterocycles. The second-order valence-corrected chi connectivity index (χ2v) is 6.40. The highest BCUT2D eigenvalue weighted by Crippen LogP contribution is 2.29. The molecule has 1 aromatic carbocycles. The van der Waals surface area contributed by atoms with Crippen LogP contribution in [0.2, 0.25) is 0 Å². The van der Waals surface area contributed by atoms with Crippen LogP contribution < -0.4 is 4.74 Å². The number of ether oxygens (including phenoxy) is 1. The van der Waals surface area contributed by atoms with Gasteiger partial charge in [0.2, 0.25) is 0 Å². The summed E-state index contributed by atoms with van der Waals surface area (Å²) in [5.74, 6) is 0.810. The first-order chi connectivity index (χ1) is 9.92. The van der Waals surface area contributed by atoms with Crippen molar-refractivity contribution in [3.8, 4) is 5.75 Å². The molecule has 1 unspecified atom stereocenters. The summed E-state index contributed by atoms with van der Waals surface area (Å²) in [6.07, 6.45) is -0.287. The maximum absolute atomic E-state index is 12.0.